The summed E-state index contributed by atoms with van der Waals surface area (Å²) in [5.41, 5.74) is 17.0. The molecule has 15 aromatic rings. The van der Waals surface area contributed by atoms with Gasteiger partial charge in [0.1, 0.15) is 0 Å². The number of aromatic nitrogens is 5. The molecule has 0 unspecified atom stereocenters. The maximum atomic E-state index is 4.06. The number of rotatable bonds is 0. The van der Waals surface area contributed by atoms with Crippen LogP contribution >= 0.6 is 0 Å². The lowest BCUT2D eigenvalue weighted by molar-refractivity contribution is 1.27. The lowest BCUT2D eigenvalue weighted by Gasteiger charge is -2.07. The van der Waals surface area contributed by atoms with Gasteiger partial charge in [0.05, 0.1) is 16.6 Å². The van der Waals surface area contributed by atoms with Gasteiger partial charge in [0.25, 0.3) is 0 Å². The number of hydrogen-bond acceptors (Lipinski definition) is 0. The van der Waals surface area contributed by atoms with E-state index >= 15 is 0 Å². The minimum Gasteiger partial charge on any atom is -0.354 e. The molecule has 5 aromatic heterocycles. The summed E-state index contributed by atoms with van der Waals surface area (Å²) in [5.74, 6) is 0. The van der Waals surface area contributed by atoms with E-state index in [0.717, 1.165) is 61.6 Å². The molecule has 0 saturated carbocycles. The molecule has 5 heterocycles. The molecule has 60 heavy (non-hydrogen) atoms. The monoisotopic (exact) mass is 761 g/mol. The summed E-state index contributed by atoms with van der Waals surface area (Å²) in [7, 11) is 0. The Morgan fingerprint density at radius 3 is 1.25 bits per heavy atom. The van der Waals surface area contributed by atoms with E-state index < -0.39 is 0 Å². The van der Waals surface area contributed by atoms with Gasteiger partial charge >= 0.3 is 0 Å². The molecule has 1 aliphatic rings. The van der Waals surface area contributed by atoms with E-state index in [1.165, 1.54) is 108 Å². The van der Waals surface area contributed by atoms with Gasteiger partial charge in [-0.3, -0.25) is 0 Å². The fraction of sp³-hybridized carbons (Fsp3) is 0.0182. The molecule has 5 N–H and O–H groups in total. The quantitative estimate of drug-likeness (QED) is 0.102. The van der Waals surface area contributed by atoms with Crippen molar-refractivity contribution in [2.75, 3.05) is 0 Å². The van der Waals surface area contributed by atoms with E-state index in [9.17, 15) is 0 Å². The topological polar surface area (TPSA) is 78.9 Å². The van der Waals surface area contributed by atoms with Gasteiger partial charge in [-0.15, -0.1) is 0 Å². The molecule has 0 amide bonds. The highest BCUT2D eigenvalue weighted by Gasteiger charge is 2.26. The molecule has 10 aromatic carbocycles. The third kappa shape index (κ3) is 3.54. The summed E-state index contributed by atoms with van der Waals surface area (Å²) in [5, 5.41) is 20.0. The maximum Gasteiger partial charge on any atom is 0.0588 e. The largest absolute Gasteiger partial charge is 0.354 e. The van der Waals surface area contributed by atoms with Crippen LogP contribution in [0.15, 0.2) is 146 Å². The Kier molecular flexibility index (Phi) is 5.10. The Morgan fingerprint density at radius 2 is 0.700 bits per heavy atom. The molecule has 16 rings (SSSR count). The number of H-pyrrole nitrogens is 5. The van der Waals surface area contributed by atoms with Gasteiger partial charge in [0, 0.05) is 92.5 Å². The molecule has 276 valence electrons. The molecule has 5 nitrogen and oxygen atoms in total. The zero-order valence-corrected chi connectivity index (χ0v) is 32.1. The molecule has 0 spiro atoms. The van der Waals surface area contributed by atoms with Crippen molar-refractivity contribution in [2.45, 2.75) is 6.42 Å². The Labute approximate surface area is 339 Å². The molecule has 0 atom stereocenters. The van der Waals surface area contributed by atoms with Crippen molar-refractivity contribution in [1.29, 1.82) is 0 Å². The predicted molar refractivity (Wildman–Crippen MR) is 254 cm³/mol. The average molecular weight is 762 g/mol. The van der Waals surface area contributed by atoms with E-state index in [4.69, 9.17) is 0 Å². The highest BCUT2D eigenvalue weighted by atomic mass is 14.8. The van der Waals surface area contributed by atoms with Crippen molar-refractivity contribution in [1.82, 2.24) is 24.9 Å². The van der Waals surface area contributed by atoms with Crippen molar-refractivity contribution < 1.29 is 0 Å². The van der Waals surface area contributed by atoms with Gasteiger partial charge in [-0.25, -0.2) is 0 Å². The van der Waals surface area contributed by atoms with Gasteiger partial charge < -0.3 is 24.9 Å². The third-order valence-corrected chi connectivity index (χ3v) is 14.2. The van der Waals surface area contributed by atoms with Crippen molar-refractivity contribution in [3.05, 3.63) is 157 Å². The zero-order valence-electron chi connectivity index (χ0n) is 32.1. The first-order valence-corrected chi connectivity index (χ1v) is 20.9. The van der Waals surface area contributed by atoms with Crippen LogP contribution in [0.2, 0.25) is 0 Å². The van der Waals surface area contributed by atoms with E-state index in [1.807, 2.05) is 0 Å². The SMILES string of the molecule is c1ccc2c3c(ccc2c1)Cc1cc2c(cc1-3)[nH]c1c2c2[nH]c3cc4c(cc3c2c2[nH]c3cc5c(cc3c12)[nH]c1ccc2ccccc2c15)[nH]c1ccc2ccccc2c14. The summed E-state index contributed by atoms with van der Waals surface area (Å²) >= 11 is 0. The van der Waals surface area contributed by atoms with Gasteiger partial charge in [-0.1, -0.05) is 97.1 Å². The average Bonchev–Trinajstić information content (AvgIpc) is 4.13. The molecule has 0 saturated heterocycles. The predicted octanol–water partition coefficient (Wildman–Crippen LogP) is 14.9. The number of aromatic amines is 5. The third-order valence-electron chi connectivity index (χ3n) is 14.2. The molecule has 0 fully saturated rings. The molecule has 0 bridgehead atoms. The summed E-state index contributed by atoms with van der Waals surface area (Å²) in [6.07, 6.45) is 0.933. The van der Waals surface area contributed by atoms with Crippen molar-refractivity contribution in [3.63, 3.8) is 0 Å². The second kappa shape index (κ2) is 10.2. The van der Waals surface area contributed by atoms with Crippen molar-refractivity contribution >= 4 is 141 Å². The van der Waals surface area contributed by atoms with Crippen LogP contribution in [0.5, 0.6) is 0 Å². The Hall–Kier alpha value is -8.02. The second-order valence-electron chi connectivity index (χ2n) is 17.2. The molecule has 1 aliphatic carbocycles. The zero-order chi connectivity index (χ0) is 38.5. The van der Waals surface area contributed by atoms with Crippen LogP contribution in [0, 0.1) is 0 Å². The number of fused-ring (bicyclic) bond motifs is 27. The molecular weight excluding hydrogens is 731 g/mol. The fourth-order valence-corrected chi connectivity index (χ4v) is 11.7. The van der Waals surface area contributed by atoms with Crippen molar-refractivity contribution in [2.24, 2.45) is 0 Å². The van der Waals surface area contributed by atoms with E-state index in [1.54, 1.807) is 0 Å². The van der Waals surface area contributed by atoms with Gasteiger partial charge in [0.2, 0.25) is 0 Å². The first-order chi connectivity index (χ1) is 29.7. The smallest absolute Gasteiger partial charge is 0.0588 e. The Bertz CT molecular complexity index is 4500. The van der Waals surface area contributed by atoms with Gasteiger partial charge in [0.15, 0.2) is 0 Å². The van der Waals surface area contributed by atoms with Crippen LogP contribution < -0.4 is 0 Å². The second-order valence-corrected chi connectivity index (χ2v) is 17.2. The summed E-state index contributed by atoms with van der Waals surface area (Å²) in [6.45, 7) is 0. The summed E-state index contributed by atoms with van der Waals surface area (Å²) in [4.78, 5) is 19.8. The van der Waals surface area contributed by atoms with Crippen LogP contribution in [-0.2, 0) is 6.42 Å². The molecule has 0 aliphatic heterocycles. The van der Waals surface area contributed by atoms with E-state index in [-0.39, 0.29) is 0 Å². The Balaban J connectivity index is 1.07. The Morgan fingerprint density at radius 1 is 0.283 bits per heavy atom. The number of nitrogens with one attached hydrogen (secondary N) is 5. The highest BCUT2D eigenvalue weighted by Crippen LogP contribution is 2.49. The fourth-order valence-electron chi connectivity index (χ4n) is 11.7. The first kappa shape index (κ1) is 30.1. The van der Waals surface area contributed by atoms with Gasteiger partial charge in [-0.2, -0.15) is 0 Å². The van der Waals surface area contributed by atoms with Gasteiger partial charge in [-0.05, 0) is 110 Å². The molecule has 0 radical (unpaired) electrons. The lowest BCUT2D eigenvalue weighted by Crippen LogP contribution is -1.82. The van der Waals surface area contributed by atoms with Crippen LogP contribution in [-0.4, -0.2) is 24.9 Å². The highest BCUT2D eigenvalue weighted by molar-refractivity contribution is 6.40. The lowest BCUT2D eigenvalue weighted by atomic mass is 9.97. The first-order valence-electron chi connectivity index (χ1n) is 20.9. The maximum absolute atomic E-state index is 4.06. The van der Waals surface area contributed by atoms with Crippen LogP contribution in [0.1, 0.15) is 11.1 Å². The van der Waals surface area contributed by atoms with E-state index in [2.05, 4.69) is 171 Å². The normalized spacial score (nSPS) is 13.3. The standard InChI is InChI=1S/C55H31N5/c1-4-10-31-26(7-1)13-14-29-19-30-20-35-44(21-34(30)47(29)31)58-53-50(35)54-52(38-24-42-36(22-45(38)59-54)48-32-11-5-2-8-27(32)15-17-40(48)56-42)55-51(53)39-25-43-37(23-46(39)60-55)49-33-12-6-3-9-28(33)16-18-41(49)57-43/h1-18,20-25,56-60H,19H2. The van der Waals surface area contributed by atoms with Crippen LogP contribution in [0.3, 0.4) is 0 Å². The molecular formula is C55H31N5. The minimum absolute atomic E-state index is 0.933. The number of hydrogen-bond donors (Lipinski definition) is 5. The molecule has 5 heteroatoms. The minimum atomic E-state index is 0.933. The summed E-state index contributed by atoms with van der Waals surface area (Å²) < 4.78 is 0. The number of benzene rings is 10. The van der Waals surface area contributed by atoms with Crippen LogP contribution in [0.25, 0.3) is 152 Å². The van der Waals surface area contributed by atoms with Crippen LogP contribution in [0.4, 0.5) is 0 Å². The summed E-state index contributed by atoms with van der Waals surface area (Å²) in [6, 6.07) is 54.2. The van der Waals surface area contributed by atoms with Crippen molar-refractivity contribution in [3.8, 4) is 11.1 Å². The van der Waals surface area contributed by atoms with E-state index in [0.29, 0.717) is 0 Å².